The van der Waals surface area contributed by atoms with E-state index < -0.39 is 17.7 Å². The molecule has 12 unspecified atom stereocenters. The number of oxime groups is 2. The Labute approximate surface area is 856 Å². The van der Waals surface area contributed by atoms with Gasteiger partial charge in [0.25, 0.3) is 0 Å². The lowest BCUT2D eigenvalue weighted by molar-refractivity contribution is -0.231. The van der Waals surface area contributed by atoms with E-state index in [9.17, 15) is 24.6 Å². The third kappa shape index (κ3) is 21.3. The molecule has 16 fully saturated rings. The number of ether oxygens (including phenoxy) is 7. The van der Waals surface area contributed by atoms with E-state index in [2.05, 4.69) is 167 Å². The van der Waals surface area contributed by atoms with Crippen LogP contribution in [0.5, 0.6) is 0 Å². The lowest BCUT2D eigenvalue weighted by atomic mass is 9.41. The average Bonchev–Trinajstić information content (AvgIpc) is 1.41. The van der Waals surface area contributed by atoms with Gasteiger partial charge in [-0.2, -0.15) is 0 Å². The first-order valence-electron chi connectivity index (χ1n) is 58.6. The summed E-state index contributed by atoms with van der Waals surface area (Å²) >= 11 is 0. The van der Waals surface area contributed by atoms with E-state index in [-0.39, 0.29) is 29.6 Å². The van der Waals surface area contributed by atoms with Gasteiger partial charge < -0.3 is 60.0 Å². The summed E-state index contributed by atoms with van der Waals surface area (Å²) in [5.41, 5.74) is 14.8. The molecule has 24 nitrogen and oxygen atoms in total. The topological polar surface area (TPSA) is 346 Å². The highest BCUT2D eigenvalue weighted by Crippen LogP contribution is 2.77. The molecule has 0 aliphatic heterocycles. The minimum absolute atomic E-state index is 0.189. The highest BCUT2D eigenvalue weighted by Gasteiger charge is 2.71. The Morgan fingerprint density at radius 3 is 1.03 bits per heavy atom. The second kappa shape index (κ2) is 46.4. The van der Waals surface area contributed by atoms with Crippen molar-refractivity contribution in [1.29, 1.82) is 0 Å². The van der Waals surface area contributed by atoms with Gasteiger partial charge in [-0.25, -0.2) is 14.4 Å². The van der Waals surface area contributed by atoms with Gasteiger partial charge in [-0.05, 0) is 420 Å². The van der Waals surface area contributed by atoms with Gasteiger partial charge in [-0.15, -0.1) is 0 Å². The lowest BCUT2D eigenvalue weighted by Crippen LogP contribution is -2.62. The Morgan fingerprint density at radius 2 is 0.711 bits per heavy atom. The van der Waals surface area contributed by atoms with Crippen molar-refractivity contribution in [2.24, 2.45) is 249 Å². The van der Waals surface area contributed by atoms with Gasteiger partial charge in [-0.1, -0.05) is 197 Å². The van der Waals surface area contributed by atoms with Crippen LogP contribution < -0.4 is 23.0 Å². The molecule has 142 heavy (non-hydrogen) atoms. The summed E-state index contributed by atoms with van der Waals surface area (Å²) < 4.78 is 50.8. The first-order chi connectivity index (χ1) is 67.7. The number of aromatic amines is 2. The Morgan fingerprint density at radius 1 is 0.408 bits per heavy atom. The molecular formula is C118H202N8O16. The third-order valence-corrected chi connectivity index (χ3v) is 47.5. The number of aromatic nitrogens is 4. The normalized spacial score (nSPS) is 45.7. The summed E-state index contributed by atoms with van der Waals surface area (Å²) in [6.07, 6.45) is 47.4. The summed E-state index contributed by atoms with van der Waals surface area (Å²) in [6.45, 7) is 50.5. The molecule has 16 aliphatic rings. The summed E-state index contributed by atoms with van der Waals surface area (Å²) in [6, 6.07) is 0. The van der Waals surface area contributed by atoms with Crippen LogP contribution in [-0.2, 0) is 50.8 Å². The van der Waals surface area contributed by atoms with Crippen LogP contribution >= 0.6 is 0 Å². The van der Waals surface area contributed by atoms with Gasteiger partial charge in [0.15, 0.2) is 11.6 Å². The number of carbonyl (C=O) groups is 1. The van der Waals surface area contributed by atoms with E-state index in [4.69, 9.17) is 59.2 Å². The molecule has 0 radical (unpaired) electrons. The van der Waals surface area contributed by atoms with Crippen LogP contribution in [0.3, 0.4) is 0 Å². The number of nitrogens with two attached hydrogens (primary N) is 2. The van der Waals surface area contributed by atoms with E-state index in [0.717, 1.165) is 129 Å². The number of aliphatic hydroxyl groups excluding tert-OH is 2. The molecule has 18 rings (SSSR count). The van der Waals surface area contributed by atoms with Gasteiger partial charge in [-0.3, -0.25) is 23.9 Å². The average molecular weight is 1990 g/mol. The van der Waals surface area contributed by atoms with Crippen LogP contribution in [0, 0.1) is 227 Å². The minimum Gasteiger partial charge on any atom is -0.433 e. The molecule has 16 saturated carbocycles. The number of hydrogen-bond donors (Lipinski definition) is 7. The number of H-pyrrole nitrogens is 2. The van der Waals surface area contributed by atoms with Crippen LogP contribution in [0.2, 0.25) is 0 Å². The Kier molecular flexibility index (Phi) is 36.5. The number of rotatable bonds is 31. The second-order valence-electron chi connectivity index (χ2n) is 53.6. The molecule has 0 bridgehead atoms. The van der Waals surface area contributed by atoms with Gasteiger partial charge in [0, 0.05) is 47.0 Å². The van der Waals surface area contributed by atoms with Gasteiger partial charge in [0.2, 0.25) is 0 Å². The van der Waals surface area contributed by atoms with Crippen molar-refractivity contribution in [1.82, 2.24) is 20.3 Å². The maximum Gasteiger partial charge on any atom is 0.535 e. The highest BCUT2D eigenvalue weighted by atomic mass is 16.8. The van der Waals surface area contributed by atoms with Crippen molar-refractivity contribution in [2.45, 2.75) is 426 Å². The molecule has 0 saturated heterocycles. The third-order valence-electron chi connectivity index (χ3n) is 47.5. The molecule has 810 valence electrons. The van der Waals surface area contributed by atoms with E-state index in [1.54, 1.807) is 28.3 Å². The molecule has 2 heterocycles. The predicted molar refractivity (Wildman–Crippen MR) is 558 cm³/mol. The standard InChI is InChI=1S/C32H56N2O5.C30H50N2O4.C29H52N2O3.C27H44N2O4/c1-8-22-26-18-20(3)14-16-32(26,6)25-15-17-31(5)23(11-12-24(31)28(25)29(22)38-19-36-7)21(4)10-13-27(33)34-39-30(35)37-9-2;1-7-20-24-16-18(2)12-14-30(24,5)23-13-15-29(4)21(19(3)8-11-25-31-28(33)36-32-25)9-10-22(29)26(23)27(20)35-17-34-6;1-7-20-24-16-18(2)12-14-29(24,5)23-13-15-28(4)21(19(3)8-11-25(30)31-32)9-10-22(28)26(23)27(20)34-17-33-6;1-5-17-21-14-16(30)10-12-27(21,4)20-11-13-26(3)18(7-8-19(26)23(20)24(17)31)15(2)6-9-22-28-25(32)33-29-22/h20-26,28-29H,8-19H2,1-7H3,(H2,33,34);18-24,26-27H,7-17H2,1-6H3,(H,31,32,33);18-24,26-27,32H,7-17H2,1-6H3,(H2,30,31);15-21,23-24,30-31H,5-14H2,1-4H3,(H,28,29,32)/t20-,21-,22-,23-,24?,25?,26+,28?,29-,31-,32-;18-,19-,20-,21-,22?,23?,24+,26?,27-,29-,30-;18-,19-,20-,21-,22?,23?,24+,26?,27-,28-,29-;15-,16-,17-,18-,19?,20?,21+,23?,24-,26-,27-/m1111/s1. The van der Waals surface area contributed by atoms with E-state index in [1.807, 2.05) is 0 Å². The van der Waals surface area contributed by atoms with Gasteiger partial charge in [0.1, 0.15) is 32.1 Å². The van der Waals surface area contributed by atoms with Crippen LogP contribution in [0.1, 0.15) is 394 Å². The number of aryl methyl sites for hydroxylation is 2. The summed E-state index contributed by atoms with van der Waals surface area (Å²) in [5, 5.41) is 46.0. The van der Waals surface area contributed by atoms with Crippen LogP contribution in [0.15, 0.2) is 28.9 Å². The number of aliphatic hydroxyl groups is 2. The maximum absolute atomic E-state index is 11.8. The first kappa shape index (κ1) is 112. The number of fused-ring (bicyclic) bond motifs is 20. The molecule has 44 atom stereocenters. The van der Waals surface area contributed by atoms with Crippen molar-refractivity contribution in [3.8, 4) is 0 Å². The molecule has 24 heteroatoms. The predicted octanol–water partition coefficient (Wildman–Crippen LogP) is 25.1. The molecule has 0 aromatic carbocycles. The fourth-order valence-electron chi connectivity index (χ4n) is 40.8. The van der Waals surface area contributed by atoms with E-state index in [0.29, 0.717) is 226 Å². The summed E-state index contributed by atoms with van der Waals surface area (Å²) in [7, 11) is 5.31. The number of carbonyl (C=O) groups excluding carboxylic acids is 1. The van der Waals surface area contributed by atoms with Crippen LogP contribution in [0.25, 0.3) is 0 Å². The Balaban J connectivity index is 0.000000143. The monoisotopic (exact) mass is 1990 g/mol. The van der Waals surface area contributed by atoms with E-state index in [1.165, 1.54) is 180 Å². The summed E-state index contributed by atoms with van der Waals surface area (Å²) in [5.74, 6) is 21.5. The molecule has 9 N–H and O–H groups in total. The fourth-order valence-corrected chi connectivity index (χ4v) is 40.8. The highest BCUT2D eigenvalue weighted by molar-refractivity contribution is 5.80. The zero-order chi connectivity index (χ0) is 102. The van der Waals surface area contributed by atoms with Gasteiger partial charge >= 0.3 is 17.7 Å². The van der Waals surface area contributed by atoms with Crippen molar-refractivity contribution in [3.05, 3.63) is 32.8 Å². The van der Waals surface area contributed by atoms with Crippen molar-refractivity contribution in [2.75, 3.05) is 48.3 Å². The second-order valence-corrected chi connectivity index (χ2v) is 53.6. The lowest BCUT2D eigenvalue weighted by Gasteiger charge is -2.65. The number of hydrogen-bond acceptors (Lipinski definition) is 20. The summed E-state index contributed by atoms with van der Waals surface area (Å²) in [4.78, 5) is 44.3. The van der Waals surface area contributed by atoms with Crippen LogP contribution in [0.4, 0.5) is 4.79 Å². The van der Waals surface area contributed by atoms with Gasteiger partial charge in [0.05, 0.1) is 37.1 Å². The zero-order valence-electron chi connectivity index (χ0n) is 93.0. The van der Waals surface area contributed by atoms with Crippen LogP contribution in [-0.4, -0.2) is 132 Å². The number of methoxy groups -OCH3 is 3. The number of nitrogens with one attached hydrogen (secondary N) is 2. The van der Waals surface area contributed by atoms with Crippen molar-refractivity contribution >= 4 is 17.8 Å². The molecule has 2 aromatic heterocycles. The fraction of sp³-hybridized carbons (Fsp3) is 0.941. The SMILES string of the molecule is CCOC(=O)ON=C(N)CC[C@@H](C)[C@H]1CCC2C3C(CC[C@@]21C)[C@@]1(C)CC[C@@H](C)C[C@H]1[C@@H](CC)[C@H]3OCOC.CC[C@H]1[C@@H](O)C2C3CC[C@H]([C@H](C)CCc4noc(=O)[nH]4)[C@@]3(C)CCC2[C@@]2(C)CC[C@@H](O)C[C@@H]12.CC[C@H]1[C@@H](OCOC)C2C3CC[C@H]([C@H](C)CCC(N)=NO)[C@@]3(C)CCC2[C@@]2(C)CC[C@@H](C)C[C@@H]12.CC[C@H]1[C@@H](OCOC)C2C3CC[C@H]([C@H](C)CCc4noc(=O)[nH]4)[C@@]3(C)CCC2[C@@]2(C)CC[C@@H](C)C[C@@H]12. The zero-order valence-corrected chi connectivity index (χ0v) is 93.0. The molecule has 2 aromatic rings. The first-order valence-corrected chi connectivity index (χ1v) is 58.6. The number of amidine groups is 2. The maximum atomic E-state index is 11.8. The quantitative estimate of drug-likeness (QED) is 0.00701. The Bertz CT molecular complexity index is 4540. The molecular weight excluding hydrogens is 1790 g/mol. The molecule has 0 spiro atoms. The largest absolute Gasteiger partial charge is 0.535 e. The van der Waals surface area contributed by atoms with Crippen molar-refractivity contribution < 1.29 is 67.3 Å². The Hall–Kier alpha value is -4.43. The smallest absolute Gasteiger partial charge is 0.433 e. The minimum atomic E-state index is -0.803. The van der Waals surface area contributed by atoms with E-state index >= 15 is 0 Å². The molecule has 16 aliphatic carbocycles. The van der Waals surface area contributed by atoms with Crippen molar-refractivity contribution in [3.63, 3.8) is 0 Å². The number of nitrogens with zero attached hydrogens (tertiary/aromatic N) is 4. The molecule has 0 amide bonds.